The second kappa shape index (κ2) is 5.92. The van der Waals surface area contributed by atoms with Crippen LogP contribution < -0.4 is 5.32 Å². The quantitative estimate of drug-likeness (QED) is 0.824. The van der Waals surface area contributed by atoms with Crippen molar-refractivity contribution in [2.75, 3.05) is 19.8 Å². The summed E-state index contributed by atoms with van der Waals surface area (Å²) in [5.41, 5.74) is 0. The molecule has 2 aliphatic heterocycles. The minimum absolute atomic E-state index is 0.574. The van der Waals surface area contributed by atoms with Crippen molar-refractivity contribution in [3.63, 3.8) is 0 Å². The largest absolute Gasteiger partial charge is 0.381 e. The molecule has 2 heterocycles. The van der Waals surface area contributed by atoms with Crippen molar-refractivity contribution in [2.45, 2.75) is 44.4 Å². The fourth-order valence-corrected chi connectivity index (χ4v) is 3.48. The maximum Gasteiger partial charge on any atom is 0.157 e. The molecule has 3 unspecified atom stereocenters. The average molecular weight is 242 g/mol. The Kier molecular flexibility index (Phi) is 4.53. The Balaban J connectivity index is 1.73. The summed E-state index contributed by atoms with van der Waals surface area (Å²) < 4.78 is 5.36. The third kappa shape index (κ3) is 3.67. The molecule has 1 N–H and O–H groups in total. The summed E-state index contributed by atoms with van der Waals surface area (Å²) in [6, 6.07) is 0.574. The molecule has 2 rings (SSSR count). The number of rotatable bonds is 3. The fraction of sp³-hybridized carbons (Fsp3) is 0.917. The van der Waals surface area contributed by atoms with Crippen LogP contribution in [0.15, 0.2) is 4.99 Å². The van der Waals surface area contributed by atoms with Crippen molar-refractivity contribution in [3.8, 4) is 0 Å². The van der Waals surface area contributed by atoms with Gasteiger partial charge >= 0.3 is 0 Å². The van der Waals surface area contributed by atoms with Gasteiger partial charge in [-0.05, 0) is 32.1 Å². The van der Waals surface area contributed by atoms with Crippen LogP contribution in [-0.2, 0) is 4.74 Å². The van der Waals surface area contributed by atoms with E-state index in [2.05, 4.69) is 24.2 Å². The Morgan fingerprint density at radius 1 is 1.50 bits per heavy atom. The Morgan fingerprint density at radius 2 is 2.38 bits per heavy atom. The first-order valence-corrected chi connectivity index (χ1v) is 7.17. The zero-order valence-electron chi connectivity index (χ0n) is 10.2. The molecule has 2 aliphatic rings. The number of hydrogen-bond acceptors (Lipinski definition) is 3. The van der Waals surface area contributed by atoms with Gasteiger partial charge in [0.2, 0.25) is 0 Å². The number of aliphatic imine (C=N–C) groups is 1. The van der Waals surface area contributed by atoms with Gasteiger partial charge in [0, 0.05) is 31.1 Å². The zero-order chi connectivity index (χ0) is 11.4. The molecule has 0 aromatic rings. The number of ether oxygens (including phenoxy) is 1. The molecule has 0 amide bonds. The standard InChI is InChI=1S/C12H22N2OS/c1-9-7-10(2)16-12(14-9)13-5-3-11-4-6-15-8-11/h9-11H,3-8H2,1-2H3,(H,13,14). The summed E-state index contributed by atoms with van der Waals surface area (Å²) in [7, 11) is 0. The van der Waals surface area contributed by atoms with E-state index in [-0.39, 0.29) is 0 Å². The van der Waals surface area contributed by atoms with E-state index in [4.69, 9.17) is 4.74 Å². The van der Waals surface area contributed by atoms with Crippen molar-refractivity contribution in [1.29, 1.82) is 0 Å². The van der Waals surface area contributed by atoms with Crippen LogP contribution in [0.3, 0.4) is 0 Å². The maximum atomic E-state index is 5.36. The number of nitrogens with zero attached hydrogens (tertiary/aromatic N) is 1. The molecule has 0 radical (unpaired) electrons. The molecule has 2 fully saturated rings. The maximum absolute atomic E-state index is 5.36. The van der Waals surface area contributed by atoms with Crippen molar-refractivity contribution < 1.29 is 4.74 Å². The molecule has 3 atom stereocenters. The number of nitrogens with one attached hydrogen (secondary N) is 1. The molecule has 0 aromatic heterocycles. The molecule has 4 heteroatoms. The van der Waals surface area contributed by atoms with Crippen LogP contribution in [0.1, 0.15) is 33.1 Å². The predicted octanol–water partition coefficient (Wildman–Crippen LogP) is 2.27. The summed E-state index contributed by atoms with van der Waals surface area (Å²) in [6.45, 7) is 7.35. The van der Waals surface area contributed by atoms with E-state index < -0.39 is 0 Å². The van der Waals surface area contributed by atoms with Gasteiger partial charge in [-0.25, -0.2) is 0 Å². The van der Waals surface area contributed by atoms with Gasteiger partial charge in [0.1, 0.15) is 0 Å². The van der Waals surface area contributed by atoms with Gasteiger partial charge in [-0.3, -0.25) is 4.99 Å². The van der Waals surface area contributed by atoms with Gasteiger partial charge in [-0.15, -0.1) is 0 Å². The molecule has 92 valence electrons. The first kappa shape index (κ1) is 12.2. The molecule has 0 spiro atoms. The Labute approximate surface area is 102 Å². The van der Waals surface area contributed by atoms with E-state index in [0.717, 1.165) is 30.8 Å². The smallest absolute Gasteiger partial charge is 0.157 e. The summed E-state index contributed by atoms with van der Waals surface area (Å²) in [6.07, 6.45) is 3.63. The van der Waals surface area contributed by atoms with Crippen LogP contribution in [0.4, 0.5) is 0 Å². The summed E-state index contributed by atoms with van der Waals surface area (Å²) >= 11 is 1.88. The molecule has 0 bridgehead atoms. The second-order valence-corrected chi connectivity index (χ2v) is 6.34. The Hall–Kier alpha value is -0.220. The summed E-state index contributed by atoms with van der Waals surface area (Å²) in [5.74, 6) is 0.743. The topological polar surface area (TPSA) is 33.6 Å². The lowest BCUT2D eigenvalue weighted by atomic mass is 10.1. The first-order chi connectivity index (χ1) is 7.74. The van der Waals surface area contributed by atoms with Crippen LogP contribution in [-0.4, -0.2) is 36.2 Å². The monoisotopic (exact) mass is 242 g/mol. The molecular weight excluding hydrogens is 220 g/mol. The predicted molar refractivity (Wildman–Crippen MR) is 70.1 cm³/mol. The highest BCUT2D eigenvalue weighted by Crippen LogP contribution is 2.22. The lowest BCUT2D eigenvalue weighted by Gasteiger charge is -2.26. The molecule has 0 saturated carbocycles. The highest BCUT2D eigenvalue weighted by atomic mass is 32.2. The van der Waals surface area contributed by atoms with E-state index in [1.54, 1.807) is 0 Å². The SMILES string of the molecule is CC1CC(C)SC(=NCCC2CCOC2)N1. The van der Waals surface area contributed by atoms with Crippen molar-refractivity contribution in [1.82, 2.24) is 5.32 Å². The summed E-state index contributed by atoms with van der Waals surface area (Å²) in [5, 5.41) is 5.30. The van der Waals surface area contributed by atoms with E-state index in [0.29, 0.717) is 11.3 Å². The number of hydrogen-bond donors (Lipinski definition) is 1. The van der Waals surface area contributed by atoms with Crippen LogP contribution >= 0.6 is 11.8 Å². The molecule has 3 nitrogen and oxygen atoms in total. The van der Waals surface area contributed by atoms with Crippen LogP contribution in [0, 0.1) is 5.92 Å². The molecule has 16 heavy (non-hydrogen) atoms. The third-order valence-electron chi connectivity index (χ3n) is 3.18. The highest BCUT2D eigenvalue weighted by Gasteiger charge is 2.20. The van der Waals surface area contributed by atoms with E-state index in [1.807, 2.05) is 11.8 Å². The molecule has 2 saturated heterocycles. The Morgan fingerprint density at radius 3 is 3.06 bits per heavy atom. The molecular formula is C12H22N2OS. The summed E-state index contributed by atoms with van der Waals surface area (Å²) in [4.78, 5) is 4.66. The van der Waals surface area contributed by atoms with Crippen molar-refractivity contribution in [3.05, 3.63) is 0 Å². The van der Waals surface area contributed by atoms with E-state index in [9.17, 15) is 0 Å². The van der Waals surface area contributed by atoms with Gasteiger partial charge in [-0.2, -0.15) is 0 Å². The van der Waals surface area contributed by atoms with Gasteiger partial charge < -0.3 is 10.1 Å². The van der Waals surface area contributed by atoms with Gasteiger partial charge in [-0.1, -0.05) is 18.7 Å². The fourth-order valence-electron chi connectivity index (χ4n) is 2.28. The van der Waals surface area contributed by atoms with E-state index in [1.165, 1.54) is 19.3 Å². The molecule has 0 aliphatic carbocycles. The zero-order valence-corrected chi connectivity index (χ0v) is 11.1. The van der Waals surface area contributed by atoms with Crippen LogP contribution in [0.25, 0.3) is 0 Å². The van der Waals surface area contributed by atoms with Crippen LogP contribution in [0.5, 0.6) is 0 Å². The van der Waals surface area contributed by atoms with Crippen LogP contribution in [0.2, 0.25) is 0 Å². The molecule has 0 aromatic carbocycles. The van der Waals surface area contributed by atoms with Gasteiger partial charge in [0.25, 0.3) is 0 Å². The van der Waals surface area contributed by atoms with Crippen molar-refractivity contribution in [2.24, 2.45) is 10.9 Å². The van der Waals surface area contributed by atoms with E-state index >= 15 is 0 Å². The van der Waals surface area contributed by atoms with Gasteiger partial charge in [0.05, 0.1) is 0 Å². The third-order valence-corrected chi connectivity index (χ3v) is 4.25. The van der Waals surface area contributed by atoms with Gasteiger partial charge in [0.15, 0.2) is 5.17 Å². The highest BCUT2D eigenvalue weighted by molar-refractivity contribution is 8.14. The number of thioether (sulfide) groups is 1. The minimum atomic E-state index is 0.574. The lowest BCUT2D eigenvalue weighted by molar-refractivity contribution is 0.184. The average Bonchev–Trinajstić information content (AvgIpc) is 2.69. The second-order valence-electron chi connectivity index (χ2n) is 4.91. The number of amidine groups is 1. The van der Waals surface area contributed by atoms with Crippen molar-refractivity contribution >= 4 is 16.9 Å². The normalized spacial score (nSPS) is 37.6. The Bertz CT molecular complexity index is 239. The minimum Gasteiger partial charge on any atom is -0.381 e. The lowest BCUT2D eigenvalue weighted by Crippen LogP contribution is -2.38. The first-order valence-electron chi connectivity index (χ1n) is 6.29.